The number of benzene rings is 2. The fraction of sp³-hybridized carbons (Fsp3) is 0.200. The van der Waals surface area contributed by atoms with Crippen molar-refractivity contribution in [1.29, 1.82) is 0 Å². The molecule has 1 saturated heterocycles. The summed E-state index contributed by atoms with van der Waals surface area (Å²) in [7, 11) is 0. The van der Waals surface area contributed by atoms with Gasteiger partial charge in [0.05, 0.1) is 11.6 Å². The average molecular weight is 387 g/mol. The Bertz CT molecular complexity index is 845. The number of halogens is 1. The highest BCUT2D eigenvalue weighted by molar-refractivity contribution is 8.18. The van der Waals surface area contributed by atoms with E-state index in [4.69, 9.17) is 11.6 Å². The zero-order valence-electron chi connectivity index (χ0n) is 14.5. The summed E-state index contributed by atoms with van der Waals surface area (Å²) < 4.78 is 0. The summed E-state index contributed by atoms with van der Waals surface area (Å²) in [6.07, 6.45) is 1.76. The molecule has 2 aromatic rings. The zero-order valence-corrected chi connectivity index (χ0v) is 16.1. The summed E-state index contributed by atoms with van der Waals surface area (Å²) in [6, 6.07) is 15.1. The highest BCUT2D eigenvalue weighted by Crippen LogP contribution is 2.32. The monoisotopic (exact) mass is 386 g/mol. The molecule has 2 aromatic carbocycles. The fourth-order valence-corrected chi connectivity index (χ4v) is 3.47. The van der Waals surface area contributed by atoms with Gasteiger partial charge in [-0.3, -0.25) is 14.5 Å². The molecule has 4 nitrogen and oxygen atoms in total. The van der Waals surface area contributed by atoms with Crippen LogP contribution in [0.1, 0.15) is 30.9 Å². The fourth-order valence-electron chi connectivity index (χ4n) is 2.50. The van der Waals surface area contributed by atoms with E-state index in [2.05, 4.69) is 19.2 Å². The van der Waals surface area contributed by atoms with E-state index in [-0.39, 0.29) is 17.8 Å². The van der Waals surface area contributed by atoms with E-state index in [0.717, 1.165) is 23.0 Å². The van der Waals surface area contributed by atoms with Gasteiger partial charge in [0.25, 0.3) is 11.1 Å². The second kappa shape index (κ2) is 7.98. The third kappa shape index (κ3) is 4.29. The van der Waals surface area contributed by atoms with Gasteiger partial charge in [-0.2, -0.15) is 0 Å². The van der Waals surface area contributed by atoms with Crippen LogP contribution in [0.3, 0.4) is 0 Å². The lowest BCUT2D eigenvalue weighted by Gasteiger charge is -2.14. The van der Waals surface area contributed by atoms with Crippen molar-refractivity contribution in [2.45, 2.75) is 19.8 Å². The Labute approximate surface area is 162 Å². The number of nitrogens with one attached hydrogen (secondary N) is 1. The Hall–Kier alpha value is -2.24. The summed E-state index contributed by atoms with van der Waals surface area (Å²) >= 11 is 6.81. The van der Waals surface area contributed by atoms with Crippen LogP contribution >= 0.6 is 23.4 Å². The molecule has 0 saturated carbocycles. The van der Waals surface area contributed by atoms with Crippen molar-refractivity contribution >= 4 is 46.3 Å². The molecule has 0 unspecified atom stereocenters. The number of thioether (sulfide) groups is 1. The Morgan fingerprint density at radius 3 is 2.35 bits per heavy atom. The molecule has 0 aromatic heterocycles. The Morgan fingerprint density at radius 1 is 1.08 bits per heavy atom. The highest BCUT2D eigenvalue weighted by atomic mass is 35.5. The molecule has 0 bridgehead atoms. The molecule has 1 aliphatic rings. The maximum atomic E-state index is 12.5. The predicted molar refractivity (Wildman–Crippen MR) is 108 cm³/mol. The summed E-state index contributed by atoms with van der Waals surface area (Å²) in [5, 5.41) is 3.42. The number of carbonyl (C=O) groups is 2. The molecule has 1 fully saturated rings. The summed E-state index contributed by atoms with van der Waals surface area (Å²) in [5.41, 5.74) is 2.94. The van der Waals surface area contributed by atoms with Crippen LogP contribution in [0.15, 0.2) is 53.4 Å². The number of amides is 2. The average Bonchev–Trinajstić information content (AvgIpc) is 2.88. The van der Waals surface area contributed by atoms with Crippen molar-refractivity contribution < 1.29 is 9.59 Å². The normalized spacial score (nSPS) is 16.0. The first-order chi connectivity index (χ1) is 12.4. The molecule has 6 heteroatoms. The van der Waals surface area contributed by atoms with Crippen LogP contribution in [-0.4, -0.2) is 22.7 Å². The summed E-state index contributed by atoms with van der Waals surface area (Å²) in [6.45, 7) is 4.39. The third-order valence-electron chi connectivity index (χ3n) is 4.06. The molecule has 0 spiro atoms. The first-order valence-electron chi connectivity index (χ1n) is 8.29. The minimum atomic E-state index is -0.283. The number of hydrogen-bond acceptors (Lipinski definition) is 4. The Morgan fingerprint density at radius 2 is 1.73 bits per heavy atom. The molecule has 134 valence electrons. The highest BCUT2D eigenvalue weighted by Gasteiger charge is 2.34. The van der Waals surface area contributed by atoms with Crippen LogP contribution in [0.2, 0.25) is 5.02 Å². The molecule has 2 amide bonds. The van der Waals surface area contributed by atoms with Gasteiger partial charge in [0.1, 0.15) is 0 Å². The lowest BCUT2D eigenvalue weighted by atomic mass is 10.0. The van der Waals surface area contributed by atoms with Gasteiger partial charge < -0.3 is 5.32 Å². The molecule has 0 radical (unpaired) electrons. The van der Waals surface area contributed by atoms with Crippen molar-refractivity contribution in [3.63, 3.8) is 0 Å². The van der Waals surface area contributed by atoms with Gasteiger partial charge in [-0.05, 0) is 59.1 Å². The second-order valence-electron chi connectivity index (χ2n) is 6.27. The second-order valence-corrected chi connectivity index (χ2v) is 7.70. The number of hydrogen-bond donors (Lipinski definition) is 1. The SMILES string of the molecule is CC(C)c1ccc(/C=C2/SC(=O)N(CNc3ccc(Cl)cc3)C2=O)cc1. The number of anilines is 1. The number of carbonyl (C=O) groups excluding carboxylic acids is 2. The minimum absolute atomic E-state index is 0.121. The lowest BCUT2D eigenvalue weighted by Crippen LogP contribution is -2.33. The van der Waals surface area contributed by atoms with Crippen LogP contribution in [0, 0.1) is 0 Å². The lowest BCUT2D eigenvalue weighted by molar-refractivity contribution is -0.122. The molecular formula is C20H19ClN2O2S. The van der Waals surface area contributed by atoms with E-state index in [1.807, 2.05) is 24.3 Å². The molecule has 0 atom stereocenters. The maximum Gasteiger partial charge on any atom is 0.295 e. The first kappa shape index (κ1) is 18.5. The van der Waals surface area contributed by atoms with Crippen LogP contribution < -0.4 is 5.32 Å². The number of rotatable bonds is 5. The van der Waals surface area contributed by atoms with Gasteiger partial charge in [0.2, 0.25) is 0 Å². The Kier molecular flexibility index (Phi) is 5.69. The molecule has 26 heavy (non-hydrogen) atoms. The predicted octanol–water partition coefficient (Wildman–Crippen LogP) is 5.57. The van der Waals surface area contributed by atoms with Crippen LogP contribution in [0.4, 0.5) is 10.5 Å². The van der Waals surface area contributed by atoms with Gasteiger partial charge in [-0.1, -0.05) is 49.7 Å². The molecule has 1 N–H and O–H groups in total. The maximum absolute atomic E-state index is 12.5. The number of imide groups is 1. The van der Waals surface area contributed by atoms with Crippen molar-refractivity contribution in [3.8, 4) is 0 Å². The minimum Gasteiger partial charge on any atom is -0.367 e. The quantitative estimate of drug-likeness (QED) is 0.682. The molecular weight excluding hydrogens is 368 g/mol. The van der Waals surface area contributed by atoms with Crippen LogP contribution in [0.25, 0.3) is 6.08 Å². The largest absolute Gasteiger partial charge is 0.367 e. The van der Waals surface area contributed by atoms with Crippen molar-refractivity contribution in [3.05, 3.63) is 69.6 Å². The van der Waals surface area contributed by atoms with E-state index >= 15 is 0 Å². The van der Waals surface area contributed by atoms with Crippen molar-refractivity contribution in [2.75, 3.05) is 12.0 Å². The molecule has 3 rings (SSSR count). The molecule has 1 aliphatic heterocycles. The smallest absolute Gasteiger partial charge is 0.295 e. The van der Waals surface area contributed by atoms with Crippen LogP contribution in [-0.2, 0) is 4.79 Å². The Balaban J connectivity index is 1.68. The van der Waals surface area contributed by atoms with Gasteiger partial charge in [0.15, 0.2) is 0 Å². The zero-order chi connectivity index (χ0) is 18.7. The van der Waals surface area contributed by atoms with E-state index < -0.39 is 0 Å². The van der Waals surface area contributed by atoms with E-state index in [1.54, 1.807) is 30.3 Å². The molecule has 1 heterocycles. The summed E-state index contributed by atoms with van der Waals surface area (Å²) in [4.78, 5) is 26.3. The van der Waals surface area contributed by atoms with E-state index in [9.17, 15) is 9.59 Å². The summed E-state index contributed by atoms with van der Waals surface area (Å²) in [5.74, 6) is 0.171. The molecule has 0 aliphatic carbocycles. The van der Waals surface area contributed by atoms with E-state index in [1.165, 1.54) is 10.5 Å². The third-order valence-corrected chi connectivity index (χ3v) is 5.22. The van der Waals surface area contributed by atoms with Gasteiger partial charge in [-0.15, -0.1) is 0 Å². The van der Waals surface area contributed by atoms with Gasteiger partial charge in [0, 0.05) is 10.7 Å². The van der Waals surface area contributed by atoms with Gasteiger partial charge >= 0.3 is 0 Å². The van der Waals surface area contributed by atoms with Crippen molar-refractivity contribution in [1.82, 2.24) is 4.90 Å². The topological polar surface area (TPSA) is 49.4 Å². The van der Waals surface area contributed by atoms with Gasteiger partial charge in [-0.25, -0.2) is 0 Å². The van der Waals surface area contributed by atoms with E-state index in [0.29, 0.717) is 15.8 Å². The standard InChI is InChI=1S/C20H19ClN2O2S/c1-13(2)15-5-3-14(4-6-15)11-18-19(24)23(20(25)26-18)12-22-17-9-7-16(21)8-10-17/h3-11,13,22H,12H2,1-2H3/b18-11+. The van der Waals surface area contributed by atoms with Crippen molar-refractivity contribution in [2.24, 2.45) is 0 Å². The first-order valence-corrected chi connectivity index (χ1v) is 9.48. The number of nitrogens with zero attached hydrogens (tertiary/aromatic N) is 1. The van der Waals surface area contributed by atoms with Crippen LogP contribution in [0.5, 0.6) is 0 Å².